The van der Waals surface area contributed by atoms with E-state index in [0.717, 1.165) is 17.1 Å². The lowest BCUT2D eigenvalue weighted by atomic mass is 9.43. The normalized spacial score (nSPS) is 12.9. The van der Waals surface area contributed by atoms with Gasteiger partial charge >= 0.3 is 6.85 Å². The number of hydrogen-bond acceptors (Lipinski definition) is 3. The van der Waals surface area contributed by atoms with Crippen molar-refractivity contribution in [2.75, 3.05) is 4.81 Å². The highest BCUT2D eigenvalue weighted by atomic mass is 15.3. The summed E-state index contributed by atoms with van der Waals surface area (Å²) in [4.78, 5) is 7.17. The summed E-state index contributed by atoms with van der Waals surface area (Å²) >= 11 is 0. The average molecular weight is 475 g/mol. The average Bonchev–Trinajstić information content (AvgIpc) is 3.64. The summed E-state index contributed by atoms with van der Waals surface area (Å²) in [7, 11) is 2.04. The van der Waals surface area contributed by atoms with Crippen molar-refractivity contribution in [3.8, 4) is 39.3 Å². The predicted molar refractivity (Wildman–Crippen MR) is 150 cm³/mol. The molecule has 0 N–H and O–H groups in total. The summed E-state index contributed by atoms with van der Waals surface area (Å²) in [6, 6.07) is 33.0. The van der Waals surface area contributed by atoms with Gasteiger partial charge in [-0.25, -0.2) is 9.67 Å². The molecule has 2 aliphatic heterocycles. The molecule has 174 valence electrons. The number of anilines is 2. The van der Waals surface area contributed by atoms with Gasteiger partial charge in [-0.15, -0.1) is 0 Å². The van der Waals surface area contributed by atoms with Crippen LogP contribution in [0.15, 0.2) is 116 Å². The van der Waals surface area contributed by atoms with E-state index in [0.29, 0.717) is 0 Å². The van der Waals surface area contributed by atoms with E-state index in [1.165, 1.54) is 44.6 Å². The van der Waals surface area contributed by atoms with Gasteiger partial charge in [0.25, 0.3) is 0 Å². The van der Waals surface area contributed by atoms with Crippen molar-refractivity contribution in [1.29, 1.82) is 0 Å². The number of aryl methyl sites for hydroxylation is 1. The number of benzene rings is 4. The zero-order chi connectivity index (χ0) is 24.5. The van der Waals surface area contributed by atoms with E-state index in [4.69, 9.17) is 0 Å². The Kier molecular flexibility index (Phi) is 4.17. The number of imidazole rings is 1. The number of nitrogens with zero attached hydrogens (tertiary/aromatic N) is 5. The standard InChI is InChI=1S/C31H22BN5/c1-35-18-16-33-31(35)21-11-13-25-23-7-2-4-9-27(23)32-28-10-5-3-8-24(28)26-14-12-22(36-17-6-15-34-36)20-30(26)37(32)29(25)19-21/h2-20H,1H3. The molecule has 0 radical (unpaired) electrons. The minimum Gasteiger partial charge on any atom is -0.376 e. The van der Waals surface area contributed by atoms with Gasteiger partial charge in [-0.3, -0.25) is 0 Å². The van der Waals surface area contributed by atoms with Crippen molar-refractivity contribution >= 4 is 29.1 Å². The Hall–Kier alpha value is -4.84. The molecule has 5 nitrogen and oxygen atoms in total. The number of hydrogen-bond donors (Lipinski definition) is 0. The summed E-state index contributed by atoms with van der Waals surface area (Å²) < 4.78 is 4.00. The number of rotatable bonds is 2. The summed E-state index contributed by atoms with van der Waals surface area (Å²) in [5, 5.41) is 4.51. The summed E-state index contributed by atoms with van der Waals surface area (Å²) in [6.07, 6.45) is 7.67. The van der Waals surface area contributed by atoms with E-state index >= 15 is 0 Å². The topological polar surface area (TPSA) is 38.9 Å². The van der Waals surface area contributed by atoms with E-state index in [1.54, 1.807) is 0 Å². The Balaban J connectivity index is 1.46. The van der Waals surface area contributed by atoms with Crippen LogP contribution in [0.5, 0.6) is 0 Å². The van der Waals surface area contributed by atoms with Crippen LogP contribution in [0.25, 0.3) is 39.3 Å². The van der Waals surface area contributed by atoms with Gasteiger partial charge in [0.15, 0.2) is 0 Å². The first kappa shape index (κ1) is 20.4. The SMILES string of the molecule is Cn1ccnc1-c1ccc2c(c1)N1B(c3ccccc3-2)c2ccccc2-c2ccc(-n3cccn3)cc21. The van der Waals surface area contributed by atoms with Crippen LogP contribution in [0, 0.1) is 0 Å². The van der Waals surface area contributed by atoms with Gasteiger partial charge in [0.1, 0.15) is 5.82 Å². The lowest BCUT2D eigenvalue weighted by molar-refractivity contribution is 0.880. The van der Waals surface area contributed by atoms with Crippen molar-refractivity contribution in [3.63, 3.8) is 0 Å². The third-order valence-electron chi connectivity index (χ3n) is 7.70. The van der Waals surface area contributed by atoms with Gasteiger partial charge < -0.3 is 9.38 Å². The molecule has 0 atom stereocenters. The molecule has 0 saturated heterocycles. The molecule has 2 aromatic heterocycles. The van der Waals surface area contributed by atoms with E-state index < -0.39 is 0 Å². The van der Waals surface area contributed by atoms with Crippen LogP contribution in [0.1, 0.15) is 0 Å². The molecule has 6 heteroatoms. The highest BCUT2D eigenvalue weighted by molar-refractivity contribution is 6.92. The molecule has 2 aliphatic rings. The Labute approximate surface area is 215 Å². The fourth-order valence-electron chi connectivity index (χ4n) is 6.07. The van der Waals surface area contributed by atoms with Gasteiger partial charge in [0.05, 0.1) is 5.69 Å². The van der Waals surface area contributed by atoms with Crippen LogP contribution in [0.3, 0.4) is 0 Å². The molecule has 4 aromatic carbocycles. The first-order chi connectivity index (χ1) is 18.3. The molecule has 0 saturated carbocycles. The summed E-state index contributed by atoms with van der Waals surface area (Å²) in [6.45, 7) is 0.0666. The van der Waals surface area contributed by atoms with Crippen LogP contribution in [0.2, 0.25) is 0 Å². The largest absolute Gasteiger partial charge is 0.376 e. The second kappa shape index (κ2) is 7.58. The first-order valence-electron chi connectivity index (χ1n) is 12.5. The molecular formula is C31H22BN5. The van der Waals surface area contributed by atoms with Crippen molar-refractivity contribution < 1.29 is 0 Å². The van der Waals surface area contributed by atoms with Crippen LogP contribution in [-0.4, -0.2) is 26.2 Å². The Morgan fingerprint density at radius 1 is 0.649 bits per heavy atom. The third kappa shape index (κ3) is 2.87. The predicted octanol–water partition coefficient (Wildman–Crippen LogP) is 5.18. The van der Waals surface area contributed by atoms with Crippen LogP contribution in [-0.2, 0) is 7.05 Å². The maximum absolute atomic E-state index is 4.64. The van der Waals surface area contributed by atoms with Gasteiger partial charge in [-0.05, 0) is 46.3 Å². The van der Waals surface area contributed by atoms with Gasteiger partial charge in [0.2, 0.25) is 0 Å². The second-order valence-corrected chi connectivity index (χ2v) is 9.69. The maximum atomic E-state index is 4.64. The van der Waals surface area contributed by atoms with E-state index in [9.17, 15) is 0 Å². The lowest BCUT2D eigenvalue weighted by Gasteiger charge is -2.43. The maximum Gasteiger partial charge on any atom is 0.329 e. The molecule has 0 aliphatic carbocycles. The molecule has 0 bridgehead atoms. The Morgan fingerprint density at radius 3 is 2.03 bits per heavy atom. The zero-order valence-corrected chi connectivity index (χ0v) is 20.3. The number of aromatic nitrogens is 4. The molecule has 0 fully saturated rings. The molecular weight excluding hydrogens is 453 g/mol. The third-order valence-corrected chi connectivity index (χ3v) is 7.70. The van der Waals surface area contributed by atoms with Crippen LogP contribution in [0.4, 0.5) is 11.4 Å². The molecule has 0 unspecified atom stereocenters. The van der Waals surface area contributed by atoms with Gasteiger partial charge in [-0.1, -0.05) is 66.7 Å². The monoisotopic (exact) mass is 475 g/mol. The molecule has 4 heterocycles. The van der Waals surface area contributed by atoms with E-state index in [2.05, 4.69) is 104 Å². The minimum absolute atomic E-state index is 0.0666. The highest BCUT2D eigenvalue weighted by Crippen LogP contribution is 2.47. The molecule has 6 aromatic rings. The molecule has 0 spiro atoms. The first-order valence-corrected chi connectivity index (χ1v) is 12.5. The molecule has 0 amide bonds. The van der Waals surface area contributed by atoms with E-state index in [-0.39, 0.29) is 6.85 Å². The quantitative estimate of drug-likeness (QED) is 0.324. The van der Waals surface area contributed by atoms with Gasteiger partial charge in [-0.2, -0.15) is 5.10 Å². The van der Waals surface area contributed by atoms with Gasteiger partial charge in [0, 0.05) is 59.9 Å². The van der Waals surface area contributed by atoms with Crippen LogP contribution < -0.4 is 15.7 Å². The number of fused-ring (bicyclic) bond motifs is 11. The summed E-state index contributed by atoms with van der Waals surface area (Å²) in [5.74, 6) is 0.959. The van der Waals surface area contributed by atoms with Crippen molar-refractivity contribution in [1.82, 2.24) is 19.3 Å². The summed E-state index contributed by atoms with van der Waals surface area (Å²) in [5.41, 5.74) is 12.2. The van der Waals surface area contributed by atoms with Crippen LogP contribution >= 0.6 is 0 Å². The zero-order valence-electron chi connectivity index (χ0n) is 20.3. The highest BCUT2D eigenvalue weighted by Gasteiger charge is 2.42. The Morgan fingerprint density at radius 2 is 1.35 bits per heavy atom. The lowest BCUT2D eigenvalue weighted by Crippen LogP contribution is -2.59. The van der Waals surface area contributed by atoms with Crippen molar-refractivity contribution in [3.05, 3.63) is 116 Å². The molecule has 8 rings (SSSR count). The second-order valence-electron chi connectivity index (χ2n) is 9.69. The smallest absolute Gasteiger partial charge is 0.329 e. The van der Waals surface area contributed by atoms with Crippen molar-refractivity contribution in [2.45, 2.75) is 0 Å². The fraction of sp³-hybridized carbons (Fsp3) is 0.0323. The molecule has 37 heavy (non-hydrogen) atoms. The minimum atomic E-state index is 0.0666. The fourth-order valence-corrected chi connectivity index (χ4v) is 6.07. The van der Waals surface area contributed by atoms with Crippen molar-refractivity contribution in [2.24, 2.45) is 7.05 Å². The van der Waals surface area contributed by atoms with E-state index in [1.807, 2.05) is 42.6 Å². The Bertz CT molecular complexity index is 1820.